The summed E-state index contributed by atoms with van der Waals surface area (Å²) in [5.74, 6) is 1.54. The van der Waals surface area contributed by atoms with E-state index in [4.69, 9.17) is 4.42 Å². The highest BCUT2D eigenvalue weighted by atomic mass is 16.3. The zero-order chi connectivity index (χ0) is 13.1. The minimum Gasteiger partial charge on any atom is -0.465 e. The van der Waals surface area contributed by atoms with Gasteiger partial charge in [-0.2, -0.15) is 0 Å². The number of furan rings is 1. The normalized spacial score (nSPS) is 10.4. The third kappa shape index (κ3) is 2.80. The largest absolute Gasteiger partial charge is 0.465 e. The molecular formula is C15H17NO2. The Morgan fingerprint density at radius 3 is 2.50 bits per heavy atom. The Balaban J connectivity index is 2.01. The van der Waals surface area contributed by atoms with Crippen LogP contribution in [0, 0.1) is 20.8 Å². The number of amides is 1. The van der Waals surface area contributed by atoms with Gasteiger partial charge in [0.15, 0.2) is 0 Å². The first kappa shape index (κ1) is 12.4. The molecule has 1 N–H and O–H groups in total. The first-order chi connectivity index (χ1) is 8.56. The van der Waals surface area contributed by atoms with Crippen LogP contribution >= 0.6 is 0 Å². The van der Waals surface area contributed by atoms with E-state index in [2.05, 4.69) is 5.32 Å². The van der Waals surface area contributed by atoms with Crippen molar-refractivity contribution in [2.24, 2.45) is 0 Å². The van der Waals surface area contributed by atoms with E-state index in [1.807, 2.05) is 51.1 Å². The summed E-state index contributed by atoms with van der Waals surface area (Å²) >= 11 is 0. The molecule has 1 heterocycles. The fourth-order valence-electron chi connectivity index (χ4n) is 1.73. The maximum atomic E-state index is 11.9. The second-order valence-electron chi connectivity index (χ2n) is 4.49. The van der Waals surface area contributed by atoms with Crippen LogP contribution in [0.2, 0.25) is 0 Å². The van der Waals surface area contributed by atoms with Gasteiger partial charge in [0.2, 0.25) is 0 Å². The fourth-order valence-corrected chi connectivity index (χ4v) is 1.73. The lowest BCUT2D eigenvalue weighted by Crippen LogP contribution is -2.22. The van der Waals surface area contributed by atoms with Crippen LogP contribution in [0.1, 0.15) is 33.0 Å². The molecule has 3 nitrogen and oxygen atoms in total. The summed E-state index contributed by atoms with van der Waals surface area (Å²) in [6.45, 7) is 6.33. The third-order valence-corrected chi connectivity index (χ3v) is 2.99. The van der Waals surface area contributed by atoms with Gasteiger partial charge in [-0.05, 0) is 56.2 Å². The molecule has 2 aromatic rings. The lowest BCUT2D eigenvalue weighted by molar-refractivity contribution is 0.0948. The van der Waals surface area contributed by atoms with Gasteiger partial charge in [-0.3, -0.25) is 4.79 Å². The van der Waals surface area contributed by atoms with Crippen molar-refractivity contribution in [2.75, 3.05) is 0 Å². The van der Waals surface area contributed by atoms with Crippen LogP contribution in [0.3, 0.4) is 0 Å². The highest BCUT2D eigenvalue weighted by molar-refractivity contribution is 5.94. The van der Waals surface area contributed by atoms with Gasteiger partial charge in [0.1, 0.15) is 11.5 Å². The quantitative estimate of drug-likeness (QED) is 0.899. The van der Waals surface area contributed by atoms with Gasteiger partial charge in [-0.15, -0.1) is 0 Å². The smallest absolute Gasteiger partial charge is 0.251 e. The van der Waals surface area contributed by atoms with Gasteiger partial charge < -0.3 is 9.73 Å². The Bertz CT molecular complexity index is 570. The number of carbonyl (C=O) groups excluding carboxylic acids is 1. The van der Waals surface area contributed by atoms with Gasteiger partial charge in [0.05, 0.1) is 6.54 Å². The van der Waals surface area contributed by atoms with Crippen molar-refractivity contribution in [1.29, 1.82) is 0 Å². The Morgan fingerprint density at radius 1 is 1.11 bits per heavy atom. The maximum absolute atomic E-state index is 11.9. The fraction of sp³-hybridized carbons (Fsp3) is 0.267. The topological polar surface area (TPSA) is 42.2 Å². The molecule has 18 heavy (non-hydrogen) atoms. The molecule has 0 bridgehead atoms. The molecule has 0 radical (unpaired) electrons. The van der Waals surface area contributed by atoms with Crippen molar-refractivity contribution in [2.45, 2.75) is 27.3 Å². The van der Waals surface area contributed by atoms with Crippen LogP contribution in [-0.2, 0) is 6.54 Å². The molecule has 0 atom stereocenters. The molecule has 0 fully saturated rings. The summed E-state index contributed by atoms with van der Waals surface area (Å²) in [5, 5.41) is 2.84. The molecule has 2 rings (SSSR count). The number of hydrogen-bond acceptors (Lipinski definition) is 2. The Kier molecular flexibility index (Phi) is 3.51. The molecule has 0 aliphatic rings. The zero-order valence-electron chi connectivity index (χ0n) is 10.9. The average molecular weight is 243 g/mol. The zero-order valence-corrected chi connectivity index (χ0v) is 10.9. The second kappa shape index (κ2) is 5.08. The van der Waals surface area contributed by atoms with Crippen LogP contribution in [0.5, 0.6) is 0 Å². The Labute approximate surface area is 107 Å². The van der Waals surface area contributed by atoms with Crippen LogP contribution in [0.15, 0.2) is 34.7 Å². The van der Waals surface area contributed by atoms with Crippen LogP contribution in [-0.4, -0.2) is 5.91 Å². The SMILES string of the molecule is Cc1ccc(CNC(=O)c2ccc(C)c(C)c2)o1. The summed E-state index contributed by atoms with van der Waals surface area (Å²) in [4.78, 5) is 11.9. The van der Waals surface area contributed by atoms with E-state index in [9.17, 15) is 4.79 Å². The number of rotatable bonds is 3. The molecule has 0 unspecified atom stereocenters. The summed E-state index contributed by atoms with van der Waals surface area (Å²) < 4.78 is 5.40. The van der Waals surface area contributed by atoms with E-state index in [0.29, 0.717) is 12.1 Å². The minimum absolute atomic E-state index is 0.0767. The van der Waals surface area contributed by atoms with Crippen molar-refractivity contribution in [3.8, 4) is 0 Å². The Morgan fingerprint density at radius 2 is 1.89 bits per heavy atom. The summed E-state index contributed by atoms with van der Waals surface area (Å²) in [7, 11) is 0. The predicted molar refractivity (Wildman–Crippen MR) is 70.5 cm³/mol. The molecule has 0 aliphatic carbocycles. The number of hydrogen-bond donors (Lipinski definition) is 1. The van der Waals surface area contributed by atoms with Crippen molar-refractivity contribution in [1.82, 2.24) is 5.32 Å². The third-order valence-electron chi connectivity index (χ3n) is 2.99. The van der Waals surface area contributed by atoms with Crippen molar-refractivity contribution >= 4 is 5.91 Å². The van der Waals surface area contributed by atoms with Gasteiger partial charge in [0.25, 0.3) is 5.91 Å². The molecule has 0 spiro atoms. The van der Waals surface area contributed by atoms with Crippen molar-refractivity contribution < 1.29 is 9.21 Å². The van der Waals surface area contributed by atoms with E-state index >= 15 is 0 Å². The molecule has 3 heteroatoms. The standard InChI is InChI=1S/C15H17NO2/c1-10-4-6-13(8-11(10)2)15(17)16-9-14-7-5-12(3)18-14/h4-8H,9H2,1-3H3,(H,16,17). The van der Waals surface area contributed by atoms with Crippen LogP contribution in [0.25, 0.3) is 0 Å². The molecule has 94 valence electrons. The number of nitrogens with one attached hydrogen (secondary N) is 1. The molecule has 1 amide bonds. The number of carbonyl (C=O) groups is 1. The first-order valence-electron chi connectivity index (χ1n) is 5.97. The van der Waals surface area contributed by atoms with Crippen LogP contribution in [0.4, 0.5) is 0 Å². The van der Waals surface area contributed by atoms with Gasteiger partial charge >= 0.3 is 0 Å². The van der Waals surface area contributed by atoms with Gasteiger partial charge in [-0.25, -0.2) is 0 Å². The summed E-state index contributed by atoms with van der Waals surface area (Å²) in [5.41, 5.74) is 2.99. The number of benzene rings is 1. The maximum Gasteiger partial charge on any atom is 0.251 e. The molecule has 1 aromatic heterocycles. The molecule has 0 saturated carbocycles. The highest BCUT2D eigenvalue weighted by Gasteiger charge is 2.07. The van der Waals surface area contributed by atoms with Crippen molar-refractivity contribution in [3.63, 3.8) is 0 Å². The highest BCUT2D eigenvalue weighted by Crippen LogP contribution is 2.10. The van der Waals surface area contributed by atoms with Crippen molar-refractivity contribution in [3.05, 3.63) is 58.5 Å². The lowest BCUT2D eigenvalue weighted by atomic mass is 10.1. The van der Waals surface area contributed by atoms with Gasteiger partial charge in [0, 0.05) is 5.56 Å². The molecule has 0 aliphatic heterocycles. The number of aryl methyl sites for hydroxylation is 3. The van der Waals surface area contributed by atoms with E-state index < -0.39 is 0 Å². The summed E-state index contributed by atoms with van der Waals surface area (Å²) in [6, 6.07) is 9.46. The second-order valence-corrected chi connectivity index (χ2v) is 4.49. The lowest BCUT2D eigenvalue weighted by Gasteiger charge is -2.06. The monoisotopic (exact) mass is 243 g/mol. The molecular weight excluding hydrogens is 226 g/mol. The van der Waals surface area contributed by atoms with E-state index in [-0.39, 0.29) is 5.91 Å². The molecule has 1 aromatic carbocycles. The first-order valence-corrected chi connectivity index (χ1v) is 5.97. The van der Waals surface area contributed by atoms with E-state index in [1.165, 1.54) is 5.56 Å². The van der Waals surface area contributed by atoms with E-state index in [0.717, 1.165) is 17.1 Å². The van der Waals surface area contributed by atoms with E-state index in [1.54, 1.807) is 0 Å². The average Bonchev–Trinajstić information content (AvgIpc) is 2.75. The minimum atomic E-state index is -0.0767. The predicted octanol–water partition coefficient (Wildman–Crippen LogP) is 3.13. The van der Waals surface area contributed by atoms with Crippen LogP contribution < -0.4 is 5.32 Å². The Hall–Kier alpha value is -2.03. The molecule has 0 saturated heterocycles. The summed E-state index contributed by atoms with van der Waals surface area (Å²) in [6.07, 6.45) is 0. The van der Waals surface area contributed by atoms with Gasteiger partial charge in [-0.1, -0.05) is 6.07 Å².